The first-order chi connectivity index (χ1) is 13.8. The topological polar surface area (TPSA) is 58.6 Å². The zero-order chi connectivity index (χ0) is 21.7. The van der Waals surface area contributed by atoms with E-state index in [-0.39, 0.29) is 5.91 Å². The highest BCUT2D eigenvalue weighted by Crippen LogP contribution is 2.12. The smallest absolute Gasteiger partial charge is 0.408 e. The summed E-state index contributed by atoms with van der Waals surface area (Å²) in [6.07, 6.45) is 6.30. The lowest BCUT2D eigenvalue weighted by Gasteiger charge is -2.29. The number of hydrogen-bond acceptors (Lipinski definition) is 3. The van der Waals surface area contributed by atoms with Gasteiger partial charge in [0.2, 0.25) is 5.91 Å². The van der Waals surface area contributed by atoms with Crippen molar-refractivity contribution in [3.05, 3.63) is 35.9 Å². The summed E-state index contributed by atoms with van der Waals surface area (Å²) in [5.41, 5.74) is 0.413. The standard InChI is InChI=1S/C24H40N2O3/c1-6-8-13-17-26(18-14-9-7-2)22(27)21(19-20-15-11-10-12-16-20)25-23(28)29-24(3,4)5/h10-12,15-16,21H,6-9,13-14,17-19H2,1-5H3,(H,25,28)/t21-/m1/s1. The number of amides is 2. The Morgan fingerprint density at radius 2 is 1.52 bits per heavy atom. The van der Waals surface area contributed by atoms with Gasteiger partial charge in [0.25, 0.3) is 0 Å². The van der Waals surface area contributed by atoms with Crippen LogP contribution in [0.4, 0.5) is 4.79 Å². The van der Waals surface area contributed by atoms with Crippen LogP contribution in [0.1, 0.15) is 78.7 Å². The van der Waals surface area contributed by atoms with Crippen molar-refractivity contribution in [2.45, 2.75) is 91.2 Å². The Bertz CT molecular complexity index is 586. The molecule has 0 aliphatic rings. The first-order valence-corrected chi connectivity index (χ1v) is 11.1. The average Bonchev–Trinajstić information content (AvgIpc) is 2.65. The van der Waals surface area contributed by atoms with Crippen molar-refractivity contribution < 1.29 is 14.3 Å². The van der Waals surface area contributed by atoms with Crippen LogP contribution in [0.15, 0.2) is 30.3 Å². The molecule has 0 spiro atoms. The maximum atomic E-state index is 13.4. The third kappa shape index (κ3) is 10.9. The van der Waals surface area contributed by atoms with Crippen LogP contribution in [0.2, 0.25) is 0 Å². The van der Waals surface area contributed by atoms with Gasteiger partial charge in [-0.1, -0.05) is 69.9 Å². The summed E-state index contributed by atoms with van der Waals surface area (Å²) in [5.74, 6) is -0.0214. The average molecular weight is 405 g/mol. The molecule has 0 radical (unpaired) electrons. The lowest BCUT2D eigenvalue weighted by molar-refractivity contribution is -0.133. The maximum Gasteiger partial charge on any atom is 0.408 e. The molecule has 0 aliphatic carbocycles. The monoisotopic (exact) mass is 404 g/mol. The Hall–Kier alpha value is -2.04. The molecule has 0 aliphatic heterocycles. The largest absolute Gasteiger partial charge is 0.444 e. The van der Waals surface area contributed by atoms with Crippen molar-refractivity contribution in [3.8, 4) is 0 Å². The molecule has 1 aromatic rings. The highest BCUT2D eigenvalue weighted by atomic mass is 16.6. The first-order valence-electron chi connectivity index (χ1n) is 11.1. The Labute approximate surface area is 177 Å². The summed E-state index contributed by atoms with van der Waals surface area (Å²) < 4.78 is 5.41. The number of nitrogens with one attached hydrogen (secondary N) is 1. The second-order valence-corrected chi connectivity index (χ2v) is 8.63. The highest BCUT2D eigenvalue weighted by Gasteiger charge is 2.28. The van der Waals surface area contributed by atoms with E-state index >= 15 is 0 Å². The molecule has 5 heteroatoms. The molecule has 0 unspecified atom stereocenters. The number of nitrogens with zero attached hydrogens (tertiary/aromatic N) is 1. The molecule has 0 saturated heterocycles. The SMILES string of the molecule is CCCCCN(CCCCC)C(=O)[C@@H](Cc1ccccc1)NC(=O)OC(C)(C)C. The van der Waals surface area contributed by atoms with Crippen LogP contribution >= 0.6 is 0 Å². The minimum Gasteiger partial charge on any atom is -0.444 e. The van der Waals surface area contributed by atoms with Gasteiger partial charge in [-0.05, 0) is 39.2 Å². The molecular weight excluding hydrogens is 364 g/mol. The predicted octanol–water partition coefficient (Wildman–Crippen LogP) is 5.33. The van der Waals surface area contributed by atoms with Crippen LogP contribution in [-0.4, -0.2) is 41.6 Å². The van der Waals surface area contributed by atoms with Crippen LogP contribution in [0.5, 0.6) is 0 Å². The predicted molar refractivity (Wildman–Crippen MR) is 119 cm³/mol. The number of hydrogen-bond donors (Lipinski definition) is 1. The second-order valence-electron chi connectivity index (χ2n) is 8.63. The normalized spacial score (nSPS) is 12.3. The minimum atomic E-state index is -0.629. The van der Waals surface area contributed by atoms with E-state index in [0.29, 0.717) is 6.42 Å². The molecule has 1 aromatic carbocycles. The van der Waals surface area contributed by atoms with Gasteiger partial charge in [-0.3, -0.25) is 4.79 Å². The van der Waals surface area contributed by atoms with E-state index in [1.807, 2.05) is 56.0 Å². The summed E-state index contributed by atoms with van der Waals surface area (Å²) in [6.45, 7) is 11.2. The highest BCUT2D eigenvalue weighted by molar-refractivity contribution is 5.86. The van der Waals surface area contributed by atoms with Crippen molar-refractivity contribution in [1.29, 1.82) is 0 Å². The van der Waals surface area contributed by atoms with Gasteiger partial charge in [0.05, 0.1) is 0 Å². The van der Waals surface area contributed by atoms with Gasteiger partial charge in [-0.25, -0.2) is 4.79 Å². The molecule has 5 nitrogen and oxygen atoms in total. The number of carbonyl (C=O) groups excluding carboxylic acids is 2. The summed E-state index contributed by atoms with van der Waals surface area (Å²) in [4.78, 5) is 27.7. The zero-order valence-electron chi connectivity index (χ0n) is 19.0. The summed E-state index contributed by atoms with van der Waals surface area (Å²) in [7, 11) is 0. The van der Waals surface area contributed by atoms with Gasteiger partial charge in [0.15, 0.2) is 0 Å². The lowest BCUT2D eigenvalue weighted by atomic mass is 10.0. The van der Waals surface area contributed by atoms with Gasteiger partial charge in [-0.15, -0.1) is 0 Å². The van der Waals surface area contributed by atoms with E-state index < -0.39 is 17.7 Å². The number of alkyl carbamates (subject to hydrolysis) is 1. The zero-order valence-corrected chi connectivity index (χ0v) is 19.0. The van der Waals surface area contributed by atoms with E-state index in [4.69, 9.17) is 4.74 Å². The fourth-order valence-corrected chi connectivity index (χ4v) is 3.16. The molecule has 0 fully saturated rings. The summed E-state index contributed by atoms with van der Waals surface area (Å²) in [5, 5.41) is 2.83. The third-order valence-corrected chi connectivity index (χ3v) is 4.65. The molecule has 0 heterocycles. The van der Waals surface area contributed by atoms with Gasteiger partial charge in [0, 0.05) is 19.5 Å². The summed E-state index contributed by atoms with van der Waals surface area (Å²) >= 11 is 0. The van der Waals surface area contributed by atoms with E-state index in [2.05, 4.69) is 19.2 Å². The van der Waals surface area contributed by atoms with E-state index in [1.54, 1.807) is 0 Å². The molecule has 1 rings (SSSR count). The van der Waals surface area contributed by atoms with Gasteiger partial charge < -0.3 is 15.0 Å². The van der Waals surface area contributed by atoms with Crippen molar-refractivity contribution in [3.63, 3.8) is 0 Å². The van der Waals surface area contributed by atoms with Gasteiger partial charge >= 0.3 is 6.09 Å². The number of ether oxygens (including phenoxy) is 1. The molecule has 164 valence electrons. The minimum absolute atomic E-state index is 0.0214. The van der Waals surface area contributed by atoms with Crippen LogP contribution in [-0.2, 0) is 16.0 Å². The Kier molecular flexibility index (Phi) is 11.4. The van der Waals surface area contributed by atoms with E-state index in [1.165, 1.54) is 0 Å². The fraction of sp³-hybridized carbons (Fsp3) is 0.667. The Morgan fingerprint density at radius 3 is 2.00 bits per heavy atom. The van der Waals surface area contributed by atoms with E-state index in [9.17, 15) is 9.59 Å². The number of unbranched alkanes of at least 4 members (excludes halogenated alkanes) is 4. The second kappa shape index (κ2) is 13.2. The number of rotatable bonds is 12. The Morgan fingerprint density at radius 1 is 0.966 bits per heavy atom. The molecule has 0 saturated carbocycles. The molecule has 29 heavy (non-hydrogen) atoms. The lowest BCUT2D eigenvalue weighted by Crippen LogP contribution is -2.51. The first kappa shape index (κ1) is 25.0. The molecule has 1 N–H and O–H groups in total. The van der Waals surface area contributed by atoms with Crippen molar-refractivity contribution in [2.75, 3.05) is 13.1 Å². The molecule has 0 bridgehead atoms. The third-order valence-electron chi connectivity index (χ3n) is 4.65. The quantitative estimate of drug-likeness (QED) is 0.479. The van der Waals surface area contributed by atoms with Crippen LogP contribution in [0, 0.1) is 0 Å². The van der Waals surface area contributed by atoms with Crippen LogP contribution < -0.4 is 5.32 Å². The van der Waals surface area contributed by atoms with Gasteiger partial charge in [0.1, 0.15) is 11.6 Å². The molecular formula is C24H40N2O3. The molecule has 1 atom stereocenters. The summed E-state index contributed by atoms with van der Waals surface area (Å²) in [6, 6.07) is 9.18. The van der Waals surface area contributed by atoms with Crippen molar-refractivity contribution in [2.24, 2.45) is 0 Å². The molecule has 0 aromatic heterocycles. The maximum absolute atomic E-state index is 13.4. The van der Waals surface area contributed by atoms with Gasteiger partial charge in [-0.2, -0.15) is 0 Å². The van der Waals surface area contributed by atoms with E-state index in [0.717, 1.165) is 57.2 Å². The fourth-order valence-electron chi connectivity index (χ4n) is 3.16. The number of benzene rings is 1. The van der Waals surface area contributed by atoms with Crippen molar-refractivity contribution >= 4 is 12.0 Å². The van der Waals surface area contributed by atoms with Crippen LogP contribution in [0.3, 0.4) is 0 Å². The number of carbonyl (C=O) groups is 2. The molecule has 2 amide bonds. The Balaban J connectivity index is 2.94. The van der Waals surface area contributed by atoms with Crippen molar-refractivity contribution in [1.82, 2.24) is 10.2 Å². The van der Waals surface area contributed by atoms with Crippen LogP contribution in [0.25, 0.3) is 0 Å².